The molecule has 12 heavy (non-hydrogen) atoms. The Hall–Kier alpha value is -1.00. The molecule has 0 saturated heterocycles. The molecule has 0 aromatic carbocycles. The van der Waals surface area contributed by atoms with E-state index in [1.165, 1.54) is 13.1 Å². The van der Waals surface area contributed by atoms with Gasteiger partial charge in [-0.05, 0) is 13.0 Å². The third-order valence-electron chi connectivity index (χ3n) is 1.73. The lowest BCUT2D eigenvalue weighted by molar-refractivity contribution is -0.165. The molecule has 0 fully saturated rings. The monoisotopic (exact) mass is 178 g/mol. The van der Waals surface area contributed by atoms with Crippen LogP contribution in [-0.4, -0.2) is 18.4 Å². The van der Waals surface area contributed by atoms with Crippen LogP contribution in [0.4, 0.5) is 13.2 Å². The molecule has 2 atom stereocenters. The van der Waals surface area contributed by atoms with Crippen molar-refractivity contribution in [3.05, 3.63) is 11.8 Å². The van der Waals surface area contributed by atoms with E-state index < -0.39 is 18.1 Å². The Morgan fingerprint density at radius 2 is 2.08 bits per heavy atom. The van der Waals surface area contributed by atoms with E-state index in [1.54, 1.807) is 0 Å². The molecule has 0 aromatic heterocycles. The highest BCUT2D eigenvalue weighted by atomic mass is 19.4. The standard InChI is InChI=1S/C7H9F3N2/c1-4-6(7(8,9)10)2-5(11)3-12-4/h2-4,6H,11H2,1H3/t4?,6-/m1/s1. The Morgan fingerprint density at radius 3 is 2.50 bits per heavy atom. The maximum atomic E-state index is 12.2. The van der Waals surface area contributed by atoms with Gasteiger partial charge in [-0.25, -0.2) is 0 Å². The summed E-state index contributed by atoms with van der Waals surface area (Å²) in [6.45, 7) is 1.41. The molecule has 1 heterocycles. The van der Waals surface area contributed by atoms with E-state index in [1.807, 2.05) is 0 Å². The van der Waals surface area contributed by atoms with Crippen molar-refractivity contribution in [2.75, 3.05) is 0 Å². The van der Waals surface area contributed by atoms with Crippen LogP contribution in [0.3, 0.4) is 0 Å². The van der Waals surface area contributed by atoms with E-state index in [2.05, 4.69) is 4.99 Å². The first kappa shape index (κ1) is 9.09. The van der Waals surface area contributed by atoms with Crippen LogP contribution in [0.15, 0.2) is 16.8 Å². The Bertz CT molecular complexity index is 229. The molecule has 2 nitrogen and oxygen atoms in total. The SMILES string of the molecule is CC1N=CC(N)=C[C@H]1C(F)(F)F. The van der Waals surface area contributed by atoms with Crippen molar-refractivity contribution in [2.24, 2.45) is 16.6 Å². The van der Waals surface area contributed by atoms with Crippen LogP contribution in [-0.2, 0) is 0 Å². The Labute approximate surface area is 68.0 Å². The number of alkyl halides is 3. The molecule has 0 aliphatic carbocycles. The third-order valence-corrected chi connectivity index (χ3v) is 1.73. The minimum absolute atomic E-state index is 0.0791. The second-order valence-corrected chi connectivity index (χ2v) is 2.75. The first-order chi connectivity index (χ1) is 5.41. The second kappa shape index (κ2) is 2.80. The predicted molar refractivity (Wildman–Crippen MR) is 39.8 cm³/mol. The molecular formula is C7H9F3N2. The topological polar surface area (TPSA) is 38.4 Å². The number of nitrogens with two attached hydrogens (primary N) is 1. The molecule has 0 radical (unpaired) electrons. The minimum Gasteiger partial charge on any atom is -0.398 e. The van der Waals surface area contributed by atoms with Gasteiger partial charge in [-0.15, -0.1) is 0 Å². The van der Waals surface area contributed by atoms with E-state index in [0.29, 0.717) is 0 Å². The van der Waals surface area contributed by atoms with Gasteiger partial charge in [0.05, 0.1) is 12.0 Å². The van der Waals surface area contributed by atoms with Crippen LogP contribution in [0.2, 0.25) is 0 Å². The largest absolute Gasteiger partial charge is 0.398 e. The van der Waals surface area contributed by atoms with E-state index in [-0.39, 0.29) is 5.70 Å². The smallest absolute Gasteiger partial charge is 0.397 e. The summed E-state index contributed by atoms with van der Waals surface area (Å²) in [7, 11) is 0. The van der Waals surface area contributed by atoms with E-state index in [0.717, 1.165) is 6.08 Å². The molecule has 2 N–H and O–H groups in total. The number of rotatable bonds is 0. The molecular weight excluding hydrogens is 169 g/mol. The predicted octanol–water partition coefficient (Wildman–Crippen LogP) is 1.48. The van der Waals surface area contributed by atoms with E-state index in [9.17, 15) is 13.2 Å². The molecule has 1 rings (SSSR count). The van der Waals surface area contributed by atoms with Gasteiger partial charge < -0.3 is 5.73 Å². The summed E-state index contributed by atoms with van der Waals surface area (Å²) >= 11 is 0. The van der Waals surface area contributed by atoms with Crippen molar-refractivity contribution in [2.45, 2.75) is 19.1 Å². The molecule has 0 aromatic rings. The lowest BCUT2D eigenvalue weighted by Crippen LogP contribution is -2.33. The van der Waals surface area contributed by atoms with Crippen molar-refractivity contribution in [3.8, 4) is 0 Å². The Kier molecular flexibility index (Phi) is 2.12. The summed E-state index contributed by atoms with van der Waals surface area (Å²) < 4.78 is 36.6. The van der Waals surface area contributed by atoms with Crippen molar-refractivity contribution in [1.82, 2.24) is 0 Å². The lowest BCUT2D eigenvalue weighted by atomic mass is 9.98. The molecule has 1 aliphatic rings. The van der Waals surface area contributed by atoms with Gasteiger partial charge in [0.15, 0.2) is 0 Å². The molecule has 1 unspecified atom stereocenters. The molecule has 5 heteroatoms. The second-order valence-electron chi connectivity index (χ2n) is 2.75. The number of hydrogen-bond acceptors (Lipinski definition) is 2. The van der Waals surface area contributed by atoms with Gasteiger partial charge in [0, 0.05) is 11.9 Å². The number of hydrogen-bond donors (Lipinski definition) is 1. The number of aliphatic imine (C=N–C) groups is 1. The molecule has 0 saturated carbocycles. The van der Waals surface area contributed by atoms with E-state index >= 15 is 0 Å². The Balaban J connectivity index is 2.85. The van der Waals surface area contributed by atoms with Crippen molar-refractivity contribution in [3.63, 3.8) is 0 Å². The zero-order valence-electron chi connectivity index (χ0n) is 6.47. The maximum absolute atomic E-state index is 12.2. The van der Waals surface area contributed by atoms with Crippen LogP contribution in [0.5, 0.6) is 0 Å². The summed E-state index contributed by atoms with van der Waals surface area (Å²) in [4.78, 5) is 3.62. The fourth-order valence-electron chi connectivity index (χ4n) is 1.05. The number of allylic oxidation sites excluding steroid dienone is 1. The van der Waals surface area contributed by atoms with Gasteiger partial charge in [-0.3, -0.25) is 4.99 Å². The van der Waals surface area contributed by atoms with Gasteiger partial charge in [0.1, 0.15) is 0 Å². The quantitative estimate of drug-likeness (QED) is 0.599. The highest BCUT2D eigenvalue weighted by Crippen LogP contribution is 2.32. The van der Waals surface area contributed by atoms with Gasteiger partial charge in [0.2, 0.25) is 0 Å². The summed E-state index contributed by atoms with van der Waals surface area (Å²) in [6, 6.07) is -0.766. The number of halogens is 3. The van der Waals surface area contributed by atoms with Crippen molar-refractivity contribution >= 4 is 6.21 Å². The zero-order chi connectivity index (χ0) is 9.35. The Morgan fingerprint density at radius 1 is 1.50 bits per heavy atom. The molecule has 68 valence electrons. The number of dihydropyridines is 1. The van der Waals surface area contributed by atoms with Crippen molar-refractivity contribution < 1.29 is 13.2 Å². The number of nitrogens with zero attached hydrogens (tertiary/aromatic N) is 1. The summed E-state index contributed by atoms with van der Waals surface area (Å²) in [5.41, 5.74) is 5.27. The first-order valence-electron chi connectivity index (χ1n) is 3.48. The average Bonchev–Trinajstić information content (AvgIpc) is 1.92. The molecule has 0 amide bonds. The average molecular weight is 178 g/mol. The highest BCUT2D eigenvalue weighted by molar-refractivity contribution is 5.78. The van der Waals surface area contributed by atoms with E-state index in [4.69, 9.17) is 5.73 Å². The van der Waals surface area contributed by atoms with Gasteiger partial charge in [0.25, 0.3) is 0 Å². The van der Waals surface area contributed by atoms with Crippen molar-refractivity contribution in [1.29, 1.82) is 0 Å². The zero-order valence-corrected chi connectivity index (χ0v) is 6.47. The molecule has 0 spiro atoms. The van der Waals surface area contributed by atoms with Gasteiger partial charge >= 0.3 is 6.18 Å². The highest BCUT2D eigenvalue weighted by Gasteiger charge is 2.42. The first-order valence-corrected chi connectivity index (χ1v) is 3.48. The lowest BCUT2D eigenvalue weighted by Gasteiger charge is -2.23. The molecule has 1 aliphatic heterocycles. The van der Waals surface area contributed by atoms with Crippen LogP contribution < -0.4 is 5.73 Å². The summed E-state index contributed by atoms with van der Waals surface area (Å²) in [5, 5.41) is 0. The van der Waals surface area contributed by atoms with Crippen LogP contribution in [0.1, 0.15) is 6.92 Å². The molecule has 0 bridgehead atoms. The fourth-order valence-corrected chi connectivity index (χ4v) is 1.05. The van der Waals surface area contributed by atoms with Crippen LogP contribution >= 0.6 is 0 Å². The third kappa shape index (κ3) is 1.78. The van der Waals surface area contributed by atoms with Gasteiger partial charge in [-0.1, -0.05) is 0 Å². The minimum atomic E-state index is -4.25. The summed E-state index contributed by atoms with van der Waals surface area (Å²) in [5.74, 6) is -1.54. The summed E-state index contributed by atoms with van der Waals surface area (Å²) in [6.07, 6.45) is -1.99. The van der Waals surface area contributed by atoms with Gasteiger partial charge in [-0.2, -0.15) is 13.2 Å². The van der Waals surface area contributed by atoms with Crippen LogP contribution in [0.25, 0.3) is 0 Å². The normalized spacial score (nSPS) is 30.2. The fraction of sp³-hybridized carbons (Fsp3) is 0.571. The van der Waals surface area contributed by atoms with Crippen LogP contribution in [0, 0.1) is 5.92 Å². The maximum Gasteiger partial charge on any atom is 0.397 e.